The third-order valence-electron chi connectivity index (χ3n) is 3.95. The van der Waals surface area contributed by atoms with Crippen molar-refractivity contribution in [2.75, 3.05) is 18.6 Å². The predicted molar refractivity (Wildman–Crippen MR) is 82.3 cm³/mol. The van der Waals surface area contributed by atoms with Crippen LogP contribution in [0.1, 0.15) is 19.3 Å². The van der Waals surface area contributed by atoms with Crippen LogP contribution >= 0.6 is 15.9 Å². The molecule has 0 bridgehead atoms. The summed E-state index contributed by atoms with van der Waals surface area (Å²) in [6, 6.07) is 5.12. The van der Waals surface area contributed by atoms with Gasteiger partial charge in [-0.05, 0) is 46.8 Å². The van der Waals surface area contributed by atoms with Gasteiger partial charge in [0.15, 0.2) is 0 Å². The van der Waals surface area contributed by atoms with Gasteiger partial charge in [0.05, 0.1) is 12.8 Å². The minimum Gasteiger partial charge on any atom is -0.497 e. The normalized spacial score (nSPS) is 22.8. The maximum atomic E-state index is 12.8. The number of ether oxygens (including phenoxy) is 1. The number of carbonyl (C=O) groups excluding carboxylic acids is 2. The van der Waals surface area contributed by atoms with Gasteiger partial charge in [-0.25, -0.2) is 0 Å². The number of methoxy groups -OCH3 is 1. The molecule has 1 aromatic rings. The lowest BCUT2D eigenvalue weighted by Crippen LogP contribution is -2.46. The zero-order valence-electron chi connectivity index (χ0n) is 11.8. The smallest absolute Gasteiger partial charge is 0.249 e. The van der Waals surface area contributed by atoms with Gasteiger partial charge in [-0.15, -0.1) is 0 Å². The van der Waals surface area contributed by atoms with Crippen molar-refractivity contribution in [3.05, 3.63) is 22.7 Å². The van der Waals surface area contributed by atoms with E-state index >= 15 is 0 Å². The lowest BCUT2D eigenvalue weighted by atomic mass is 10.1. The van der Waals surface area contributed by atoms with E-state index in [2.05, 4.69) is 21.2 Å². The Labute approximate surface area is 131 Å². The Balaban J connectivity index is 1.95. The highest BCUT2D eigenvalue weighted by atomic mass is 79.9. The molecule has 1 saturated heterocycles. The predicted octanol–water partition coefficient (Wildman–Crippen LogP) is 2.09. The highest BCUT2D eigenvalue weighted by Gasteiger charge is 2.41. The molecule has 1 atom stereocenters. The van der Waals surface area contributed by atoms with Crippen molar-refractivity contribution in [3.63, 3.8) is 0 Å². The van der Waals surface area contributed by atoms with Crippen LogP contribution in [0.25, 0.3) is 0 Å². The summed E-state index contributed by atoms with van der Waals surface area (Å²) in [5.74, 6) is 0.887. The summed E-state index contributed by atoms with van der Waals surface area (Å²) in [5.41, 5.74) is 0.751. The number of hydrogen-bond donors (Lipinski definition) is 1. The van der Waals surface area contributed by atoms with Crippen molar-refractivity contribution >= 4 is 33.4 Å². The molecule has 2 aliphatic rings. The van der Waals surface area contributed by atoms with Crippen LogP contribution in [0.15, 0.2) is 22.7 Å². The fraction of sp³-hybridized carbons (Fsp3) is 0.467. The van der Waals surface area contributed by atoms with Crippen LogP contribution in [0, 0.1) is 5.92 Å². The molecule has 1 saturated carbocycles. The molecule has 0 spiro atoms. The summed E-state index contributed by atoms with van der Waals surface area (Å²) in [7, 11) is 1.59. The maximum absolute atomic E-state index is 12.8. The topological polar surface area (TPSA) is 58.6 Å². The van der Waals surface area contributed by atoms with E-state index in [1.165, 1.54) is 0 Å². The monoisotopic (exact) mass is 352 g/mol. The van der Waals surface area contributed by atoms with Crippen LogP contribution in [0.3, 0.4) is 0 Å². The molecule has 2 amide bonds. The molecule has 1 heterocycles. The molecule has 1 aliphatic carbocycles. The zero-order valence-corrected chi connectivity index (χ0v) is 13.4. The first kappa shape index (κ1) is 14.4. The number of nitrogens with zero attached hydrogens (tertiary/aromatic N) is 1. The second-order valence-electron chi connectivity index (χ2n) is 5.44. The van der Waals surface area contributed by atoms with E-state index in [0.29, 0.717) is 18.7 Å². The minimum atomic E-state index is -0.391. The maximum Gasteiger partial charge on any atom is 0.249 e. The number of carbonyl (C=O) groups is 2. The molecule has 0 aromatic heterocycles. The van der Waals surface area contributed by atoms with Gasteiger partial charge in [-0.2, -0.15) is 0 Å². The van der Waals surface area contributed by atoms with Crippen molar-refractivity contribution in [2.45, 2.75) is 25.3 Å². The molecular weight excluding hydrogens is 336 g/mol. The second-order valence-corrected chi connectivity index (χ2v) is 6.29. The summed E-state index contributed by atoms with van der Waals surface area (Å²) in [6.45, 7) is 0.389. The number of benzene rings is 1. The molecule has 2 fully saturated rings. The molecule has 112 valence electrons. The molecule has 6 heteroatoms. The van der Waals surface area contributed by atoms with E-state index < -0.39 is 6.04 Å². The van der Waals surface area contributed by atoms with E-state index in [0.717, 1.165) is 23.0 Å². The molecule has 3 rings (SSSR count). The Kier molecular flexibility index (Phi) is 3.89. The largest absolute Gasteiger partial charge is 0.497 e. The molecule has 1 aliphatic heterocycles. The van der Waals surface area contributed by atoms with E-state index in [1.54, 1.807) is 12.0 Å². The third kappa shape index (κ3) is 2.90. The Morgan fingerprint density at radius 1 is 1.33 bits per heavy atom. The Morgan fingerprint density at radius 3 is 2.76 bits per heavy atom. The third-order valence-corrected chi connectivity index (χ3v) is 4.62. The van der Waals surface area contributed by atoms with Gasteiger partial charge < -0.3 is 15.0 Å². The SMILES string of the molecule is COc1ccc(Br)c(N2CCC(=O)NC(C3CC3)C2=O)c1. The van der Waals surface area contributed by atoms with E-state index in [-0.39, 0.29) is 17.7 Å². The summed E-state index contributed by atoms with van der Waals surface area (Å²) in [4.78, 5) is 26.3. The van der Waals surface area contributed by atoms with Crippen molar-refractivity contribution in [2.24, 2.45) is 5.92 Å². The lowest BCUT2D eigenvalue weighted by molar-refractivity contribution is -0.126. The second kappa shape index (κ2) is 5.67. The van der Waals surface area contributed by atoms with Crippen LogP contribution < -0.4 is 15.0 Å². The average Bonchev–Trinajstić information content (AvgIpc) is 3.30. The standard InChI is InChI=1S/C15H17BrN2O3/c1-21-10-4-5-11(16)12(8-10)18-7-6-13(19)17-14(15(18)20)9-2-3-9/h4-5,8-9,14H,2-3,6-7H2,1H3,(H,17,19). The molecule has 5 nitrogen and oxygen atoms in total. The summed E-state index contributed by atoms with van der Waals surface area (Å²) >= 11 is 3.48. The molecular formula is C15H17BrN2O3. The van der Waals surface area contributed by atoms with Gasteiger partial charge in [0.2, 0.25) is 11.8 Å². The molecule has 1 unspecified atom stereocenters. The Bertz CT molecular complexity index is 586. The van der Waals surface area contributed by atoms with Crippen molar-refractivity contribution < 1.29 is 14.3 Å². The quantitative estimate of drug-likeness (QED) is 0.905. The van der Waals surface area contributed by atoms with Crippen molar-refractivity contribution in [1.29, 1.82) is 0 Å². The molecule has 0 radical (unpaired) electrons. The van der Waals surface area contributed by atoms with E-state index in [9.17, 15) is 9.59 Å². The summed E-state index contributed by atoms with van der Waals surface area (Å²) < 4.78 is 6.05. The Hall–Kier alpha value is -1.56. The van der Waals surface area contributed by atoms with Gasteiger partial charge in [0.25, 0.3) is 0 Å². The van der Waals surface area contributed by atoms with Crippen molar-refractivity contribution in [1.82, 2.24) is 5.32 Å². The summed E-state index contributed by atoms with van der Waals surface area (Å²) in [5, 5.41) is 2.86. The minimum absolute atomic E-state index is 0.0303. The average molecular weight is 353 g/mol. The zero-order chi connectivity index (χ0) is 15.0. The van der Waals surface area contributed by atoms with Crippen LogP contribution in [0.4, 0.5) is 5.69 Å². The van der Waals surface area contributed by atoms with E-state index in [1.807, 2.05) is 18.2 Å². The molecule has 1 aromatic carbocycles. The van der Waals surface area contributed by atoms with Gasteiger partial charge in [0.1, 0.15) is 11.8 Å². The van der Waals surface area contributed by atoms with Gasteiger partial charge in [0, 0.05) is 23.5 Å². The first-order chi connectivity index (χ1) is 10.1. The Morgan fingerprint density at radius 2 is 2.10 bits per heavy atom. The van der Waals surface area contributed by atoms with Crippen LogP contribution in [-0.4, -0.2) is 31.5 Å². The van der Waals surface area contributed by atoms with Crippen LogP contribution in [-0.2, 0) is 9.59 Å². The number of halogens is 1. The van der Waals surface area contributed by atoms with Crippen molar-refractivity contribution in [3.8, 4) is 5.75 Å². The molecule has 21 heavy (non-hydrogen) atoms. The number of amides is 2. The first-order valence-corrected chi connectivity index (χ1v) is 7.83. The summed E-state index contributed by atoms with van der Waals surface area (Å²) in [6.07, 6.45) is 2.33. The number of anilines is 1. The highest BCUT2D eigenvalue weighted by molar-refractivity contribution is 9.10. The number of rotatable bonds is 3. The lowest BCUT2D eigenvalue weighted by Gasteiger charge is -2.25. The van der Waals surface area contributed by atoms with E-state index in [4.69, 9.17) is 4.74 Å². The number of nitrogens with one attached hydrogen (secondary N) is 1. The fourth-order valence-electron chi connectivity index (χ4n) is 2.61. The van der Waals surface area contributed by atoms with Crippen LogP contribution in [0.5, 0.6) is 5.75 Å². The molecule has 1 N–H and O–H groups in total. The van der Waals surface area contributed by atoms with Crippen LogP contribution in [0.2, 0.25) is 0 Å². The first-order valence-electron chi connectivity index (χ1n) is 7.04. The fourth-order valence-corrected chi connectivity index (χ4v) is 3.07. The highest BCUT2D eigenvalue weighted by Crippen LogP contribution is 2.37. The van der Waals surface area contributed by atoms with Gasteiger partial charge in [-0.3, -0.25) is 9.59 Å². The van der Waals surface area contributed by atoms with Gasteiger partial charge in [-0.1, -0.05) is 0 Å². The van der Waals surface area contributed by atoms with Gasteiger partial charge >= 0.3 is 0 Å². The number of hydrogen-bond acceptors (Lipinski definition) is 3.